The van der Waals surface area contributed by atoms with Gasteiger partial charge in [-0.15, -0.1) is 5.10 Å². The molecule has 1 aliphatic heterocycles. The summed E-state index contributed by atoms with van der Waals surface area (Å²) in [6.07, 6.45) is 6.47. The minimum Gasteiger partial charge on any atom is -0.493 e. The first-order valence-electron chi connectivity index (χ1n) is 9.52. The topological polar surface area (TPSA) is 98.6 Å². The van der Waals surface area contributed by atoms with Gasteiger partial charge >= 0.3 is 5.97 Å². The van der Waals surface area contributed by atoms with Crippen molar-refractivity contribution in [1.29, 1.82) is 0 Å². The Kier molecular flexibility index (Phi) is 8.22. The first kappa shape index (κ1) is 22.8. The fraction of sp³-hybridized carbons (Fsp3) is 0.130. The molecule has 32 heavy (non-hydrogen) atoms. The molecule has 164 valence electrons. The van der Waals surface area contributed by atoms with Crippen LogP contribution in [-0.2, 0) is 14.3 Å². The number of esters is 1. The third kappa shape index (κ3) is 6.32. The molecule has 1 N–H and O–H groups in total. The third-order valence-electron chi connectivity index (χ3n) is 4.11. The molecular formula is C23H21N3O5S. The summed E-state index contributed by atoms with van der Waals surface area (Å²) in [5.74, 6) is 0.0180. The molecule has 0 aromatic heterocycles. The van der Waals surface area contributed by atoms with Crippen LogP contribution in [0.1, 0.15) is 11.1 Å². The van der Waals surface area contributed by atoms with Crippen molar-refractivity contribution >= 4 is 41.1 Å². The van der Waals surface area contributed by atoms with E-state index in [4.69, 9.17) is 9.47 Å². The molecule has 1 fully saturated rings. The van der Waals surface area contributed by atoms with E-state index in [1.54, 1.807) is 13.2 Å². The first-order chi connectivity index (χ1) is 15.6. The van der Waals surface area contributed by atoms with Crippen molar-refractivity contribution in [3.05, 3.63) is 76.7 Å². The fourth-order valence-electron chi connectivity index (χ4n) is 2.61. The molecule has 2 aromatic rings. The highest BCUT2D eigenvalue weighted by atomic mass is 32.2. The molecule has 3 rings (SSSR count). The van der Waals surface area contributed by atoms with Crippen molar-refractivity contribution in [1.82, 2.24) is 5.32 Å². The van der Waals surface area contributed by atoms with Crippen LogP contribution >= 0.6 is 11.8 Å². The number of benzene rings is 2. The predicted molar refractivity (Wildman–Crippen MR) is 125 cm³/mol. The molecule has 0 spiro atoms. The number of ether oxygens (including phenoxy) is 3. The minimum absolute atomic E-state index is 0.182. The van der Waals surface area contributed by atoms with E-state index in [2.05, 4.69) is 20.3 Å². The van der Waals surface area contributed by atoms with Crippen LogP contribution in [-0.4, -0.2) is 44.1 Å². The van der Waals surface area contributed by atoms with E-state index in [1.165, 1.54) is 13.3 Å². The van der Waals surface area contributed by atoms with E-state index in [9.17, 15) is 9.59 Å². The highest BCUT2D eigenvalue weighted by Crippen LogP contribution is 2.30. The van der Waals surface area contributed by atoms with E-state index < -0.39 is 11.9 Å². The fourth-order valence-corrected chi connectivity index (χ4v) is 3.35. The van der Waals surface area contributed by atoms with Gasteiger partial charge in [0.1, 0.15) is 6.61 Å². The van der Waals surface area contributed by atoms with E-state index in [-0.39, 0.29) is 10.1 Å². The number of nitrogens with zero attached hydrogens (tertiary/aromatic N) is 2. The van der Waals surface area contributed by atoms with Crippen LogP contribution < -0.4 is 14.8 Å². The number of thioether (sulfide) groups is 1. The summed E-state index contributed by atoms with van der Waals surface area (Å²) in [7, 11) is 2.80. The summed E-state index contributed by atoms with van der Waals surface area (Å²) < 4.78 is 15.8. The number of hydrogen-bond donors (Lipinski definition) is 1. The maximum atomic E-state index is 11.9. The lowest BCUT2D eigenvalue weighted by molar-refractivity contribution is -0.135. The van der Waals surface area contributed by atoms with Crippen molar-refractivity contribution < 1.29 is 23.8 Å². The SMILES string of the molecule is COC(=O)/C=C1/S/C(=N\N=Cc2cccc(OC)c2OCC=Cc2ccccc2)NC1=O. The van der Waals surface area contributed by atoms with Crippen LogP contribution in [0, 0.1) is 0 Å². The molecule has 9 heteroatoms. The predicted octanol–water partition coefficient (Wildman–Crippen LogP) is 3.40. The summed E-state index contributed by atoms with van der Waals surface area (Å²) in [5, 5.41) is 10.8. The van der Waals surface area contributed by atoms with Gasteiger partial charge < -0.3 is 14.2 Å². The van der Waals surface area contributed by atoms with Crippen molar-refractivity contribution in [2.24, 2.45) is 10.2 Å². The average molecular weight is 452 g/mol. The van der Waals surface area contributed by atoms with Crippen molar-refractivity contribution in [2.75, 3.05) is 20.8 Å². The zero-order valence-electron chi connectivity index (χ0n) is 17.5. The third-order valence-corrected chi connectivity index (χ3v) is 5.01. The Balaban J connectivity index is 1.70. The zero-order valence-corrected chi connectivity index (χ0v) is 18.3. The monoisotopic (exact) mass is 451 g/mol. The number of nitrogens with one attached hydrogen (secondary N) is 1. The lowest BCUT2D eigenvalue weighted by Gasteiger charge is -2.11. The molecule has 0 unspecified atom stereocenters. The quantitative estimate of drug-likeness (QED) is 0.286. The Bertz CT molecular complexity index is 1090. The first-order valence-corrected chi connectivity index (χ1v) is 10.3. The maximum Gasteiger partial charge on any atom is 0.331 e. The number of amides is 1. The van der Waals surface area contributed by atoms with Gasteiger partial charge in [0.2, 0.25) is 0 Å². The summed E-state index contributed by atoms with van der Waals surface area (Å²) in [6, 6.07) is 15.3. The number of hydrogen-bond acceptors (Lipinski definition) is 8. The van der Waals surface area contributed by atoms with Gasteiger partial charge in [0, 0.05) is 11.6 Å². The number of amidine groups is 1. The van der Waals surface area contributed by atoms with Gasteiger partial charge in [-0.25, -0.2) is 4.79 Å². The number of carbonyl (C=O) groups excluding carboxylic acids is 2. The van der Waals surface area contributed by atoms with E-state index >= 15 is 0 Å². The molecule has 0 aliphatic carbocycles. The van der Waals surface area contributed by atoms with E-state index in [1.807, 2.05) is 54.6 Å². The molecular weight excluding hydrogens is 430 g/mol. The van der Waals surface area contributed by atoms with Crippen molar-refractivity contribution in [3.8, 4) is 11.5 Å². The average Bonchev–Trinajstić information content (AvgIpc) is 3.16. The van der Waals surface area contributed by atoms with Crippen LogP contribution in [0.5, 0.6) is 11.5 Å². The molecule has 1 aliphatic rings. The standard InChI is InChI=1S/C23H21N3O5S/c1-29-18-12-6-11-17(21(18)31-13-7-10-16-8-4-3-5-9-16)15-24-26-23-25-22(28)19(32-23)14-20(27)30-2/h3-12,14-15H,13H2,1-2H3,(H,25,26,28)/b10-7?,19-14+,24-15?. The smallest absolute Gasteiger partial charge is 0.331 e. The largest absolute Gasteiger partial charge is 0.493 e. The summed E-state index contributed by atoms with van der Waals surface area (Å²) in [5.41, 5.74) is 1.73. The second kappa shape index (κ2) is 11.5. The second-order valence-electron chi connectivity index (χ2n) is 6.24. The van der Waals surface area contributed by atoms with Crippen LogP contribution in [0.3, 0.4) is 0 Å². The van der Waals surface area contributed by atoms with Crippen molar-refractivity contribution in [3.63, 3.8) is 0 Å². The number of carbonyl (C=O) groups is 2. The van der Waals surface area contributed by atoms with Gasteiger partial charge in [-0.1, -0.05) is 42.5 Å². The van der Waals surface area contributed by atoms with Crippen LogP contribution in [0.2, 0.25) is 0 Å². The van der Waals surface area contributed by atoms with Crippen LogP contribution in [0.4, 0.5) is 0 Å². The molecule has 0 saturated carbocycles. The van der Waals surface area contributed by atoms with E-state index in [0.717, 1.165) is 23.4 Å². The molecule has 1 saturated heterocycles. The molecule has 2 aromatic carbocycles. The Morgan fingerprint density at radius 2 is 1.94 bits per heavy atom. The molecule has 8 nitrogen and oxygen atoms in total. The number of rotatable bonds is 8. The van der Waals surface area contributed by atoms with Gasteiger partial charge in [-0.2, -0.15) is 5.10 Å². The second-order valence-corrected chi connectivity index (χ2v) is 7.27. The highest BCUT2D eigenvalue weighted by molar-refractivity contribution is 8.18. The summed E-state index contributed by atoms with van der Waals surface area (Å²) >= 11 is 0.995. The highest BCUT2D eigenvalue weighted by Gasteiger charge is 2.25. The molecule has 0 atom stereocenters. The number of methoxy groups -OCH3 is 2. The summed E-state index contributed by atoms with van der Waals surface area (Å²) in [4.78, 5) is 23.4. The minimum atomic E-state index is -0.619. The Labute approximate surface area is 189 Å². The maximum absolute atomic E-state index is 11.9. The van der Waals surface area contributed by atoms with Crippen LogP contribution in [0.25, 0.3) is 6.08 Å². The van der Waals surface area contributed by atoms with Gasteiger partial charge in [0.05, 0.1) is 25.3 Å². The Hall–Kier alpha value is -3.85. The van der Waals surface area contributed by atoms with Gasteiger partial charge in [0.15, 0.2) is 16.7 Å². The van der Waals surface area contributed by atoms with Gasteiger partial charge in [-0.3, -0.25) is 10.1 Å². The molecule has 1 amide bonds. The Morgan fingerprint density at radius 1 is 1.12 bits per heavy atom. The zero-order chi connectivity index (χ0) is 22.8. The van der Waals surface area contributed by atoms with Crippen LogP contribution in [0.15, 0.2) is 75.8 Å². The van der Waals surface area contributed by atoms with Gasteiger partial charge in [-0.05, 0) is 35.5 Å². The lowest BCUT2D eigenvalue weighted by atomic mass is 10.2. The van der Waals surface area contributed by atoms with Gasteiger partial charge in [0.25, 0.3) is 5.91 Å². The normalized spacial score (nSPS) is 16.1. The van der Waals surface area contributed by atoms with Crippen molar-refractivity contribution in [2.45, 2.75) is 0 Å². The van der Waals surface area contributed by atoms with E-state index in [0.29, 0.717) is 23.7 Å². The molecule has 1 heterocycles. The summed E-state index contributed by atoms with van der Waals surface area (Å²) in [6.45, 7) is 0.332. The lowest BCUT2D eigenvalue weighted by Crippen LogP contribution is -2.19. The number of para-hydroxylation sites is 1. The molecule has 0 radical (unpaired) electrons. The molecule has 0 bridgehead atoms. The Morgan fingerprint density at radius 3 is 2.69 bits per heavy atom.